The zero-order valence-corrected chi connectivity index (χ0v) is 81.5. The third-order valence-corrected chi connectivity index (χ3v) is 52.3. The summed E-state index contributed by atoms with van der Waals surface area (Å²) < 4.78 is 0. The molecule has 0 spiro atoms. The van der Waals surface area contributed by atoms with Crippen LogP contribution in [0.5, 0.6) is 0 Å². The molecule has 26 fully saturated rings. The number of hydrogen-bond acceptors (Lipinski definition) is 3. The second-order valence-corrected chi connectivity index (χ2v) is 55.7. The van der Waals surface area contributed by atoms with E-state index in [1.165, 1.54) is 0 Å². The molecular weight excluding hydrogens is 1510 g/mol. The van der Waals surface area contributed by atoms with Crippen molar-refractivity contribution in [3.05, 3.63) is 0 Å². The number of fused-ring (bicyclic) bond motifs is 11. The zero-order valence-electron chi connectivity index (χ0n) is 81.5. The lowest BCUT2D eigenvalue weighted by molar-refractivity contribution is -0.159. The molecule has 3 saturated heterocycles. The van der Waals surface area contributed by atoms with Crippen molar-refractivity contribution in [1.82, 2.24) is 14.7 Å². The van der Waals surface area contributed by atoms with Gasteiger partial charge in [0, 0.05) is 55.9 Å². The molecule has 698 valence electrons. The van der Waals surface area contributed by atoms with Crippen molar-refractivity contribution >= 4 is 6.71 Å². The van der Waals surface area contributed by atoms with E-state index in [1.807, 2.05) is 0 Å². The van der Waals surface area contributed by atoms with E-state index >= 15 is 0 Å². The van der Waals surface area contributed by atoms with Gasteiger partial charge in [-0.25, -0.2) is 0 Å². The predicted molar refractivity (Wildman–Crippen MR) is 521 cm³/mol. The molecule has 3 nitrogen and oxygen atoms in total. The van der Waals surface area contributed by atoms with E-state index in [2.05, 4.69) is 14.7 Å². The van der Waals surface area contributed by atoms with Crippen molar-refractivity contribution in [3.63, 3.8) is 0 Å². The highest BCUT2D eigenvalue weighted by Gasteiger charge is 2.69. The van der Waals surface area contributed by atoms with Crippen LogP contribution in [0, 0.1) is 219 Å². The van der Waals surface area contributed by atoms with E-state index in [1.54, 1.807) is 482 Å². The molecule has 0 N–H and O–H groups in total. The molecule has 0 radical (unpaired) electrons. The second kappa shape index (κ2) is 37.0. The molecule has 0 bridgehead atoms. The minimum absolute atomic E-state index is 0.846. The number of nitrogens with zero attached hydrogens (tertiary/aromatic N) is 3. The van der Waals surface area contributed by atoms with Crippen LogP contribution in [0.3, 0.4) is 0 Å². The van der Waals surface area contributed by atoms with E-state index in [0.717, 1.165) is 279 Å². The van der Waals surface area contributed by atoms with Crippen LogP contribution in [-0.2, 0) is 0 Å². The first kappa shape index (κ1) is 85.4. The fourth-order valence-corrected chi connectivity index (χ4v) is 48.8. The summed E-state index contributed by atoms with van der Waals surface area (Å²) in [4.78, 5) is 11.6. The van der Waals surface area contributed by atoms with Gasteiger partial charge in [0.15, 0.2) is 6.71 Å². The molecule has 3 heterocycles. The SMILES string of the molecule is C1CCC(C2CC[C@H]3C(C2)[C@H]2C[C@@H](C4CCCCC4)CCC2N3CC2CC3C4B(C5CCC(C6CCC7C8CCC[C@@H]9CCCC(C89)C8CCCC6[C@@H]87)CC5N3CC3C(C5CCCCC5)CCCC3C3CCCCC3)C3CC[C@H](C5CC[C@@H]6C7[C@H]5CCC[C@@H]7C5CCCC7CCCC6[C@@H]75)C[C@@H]3N(CC3[C@@H](C5CCCCC5)CCC[C@H]3C3CCCCC3)C4C2)CC1. The van der Waals surface area contributed by atoms with E-state index in [9.17, 15) is 0 Å². The molecule has 4 heteroatoms. The smallest absolute Gasteiger partial charge is 0.156 e. The molecule has 26 rings (SSSR count). The maximum absolute atomic E-state index is 3.97. The fourth-order valence-electron chi connectivity index (χ4n) is 48.8. The molecule has 26 aliphatic rings. The first-order valence-electron chi connectivity index (χ1n) is 61.3. The van der Waals surface area contributed by atoms with Crippen molar-refractivity contribution < 1.29 is 0 Å². The molecule has 125 heavy (non-hydrogen) atoms. The number of likely N-dealkylation sites (tertiary alicyclic amines) is 1. The normalized spacial score (nSPS) is 52.8. The van der Waals surface area contributed by atoms with E-state index in [-0.39, 0.29) is 0 Å². The molecule has 0 amide bonds. The lowest BCUT2D eigenvalue weighted by Gasteiger charge is -2.70. The van der Waals surface area contributed by atoms with Gasteiger partial charge in [-0.2, -0.15) is 0 Å². The maximum Gasteiger partial charge on any atom is 0.156 e. The topological polar surface area (TPSA) is 9.72 Å². The average Bonchev–Trinajstić information content (AvgIpc) is 1.66. The molecule has 0 aromatic heterocycles. The molecule has 3 aliphatic heterocycles. The Bertz CT molecular complexity index is 3200. The fraction of sp³-hybridized carbons (Fsp3) is 1.00. The Balaban J connectivity index is 0.615. The van der Waals surface area contributed by atoms with Gasteiger partial charge in [-0.05, 0) is 403 Å². The van der Waals surface area contributed by atoms with Crippen molar-refractivity contribution in [3.8, 4) is 0 Å². The summed E-state index contributed by atoms with van der Waals surface area (Å²) in [5.41, 5.74) is 0. The highest BCUT2D eigenvalue weighted by molar-refractivity contribution is 6.65. The Kier molecular flexibility index (Phi) is 25.3. The Labute approximate surface area is 770 Å². The summed E-state index contributed by atoms with van der Waals surface area (Å²) in [6, 6.07) is 5.28. The standard InChI is InChI=1S/C121H196BN3/c1-7-27-77(28-8-1)85-57-65-111-105(69-85)106-70-86(78-29-9-2-10-30-78)58-66-112(106)123(111)73-76-67-115-121-116(68-76)125(75-108-91(81-35-15-5-16-36-81)45-24-46-92(108)82-37-17-6-18-38-82)114-72-88(94-60-62-104-100-50-22-42-84-40-20-48-98(118(84)100)102-54-26-52-96(94)120(102)104)56-64-110(114)122(121)109-63-55-87(93-59-61-103-99-49-21-41-83-39-19-47-97(117(83)99)101-53-25-51-95(93)119(101)103)71-113(109)124(115)74-107-89(79-31-11-3-12-32-79)43-23-44-90(107)80-33-13-4-14-34-80/h76-121H,1-75H2/t76?,83-,84?,85-,86?,87?,88-,89?,90?,91-,92+,93?,94?,95?,96-,97?,98?,99?,100?,101?,102+,103?,104-,105+,106?,107?,108?,109?,110?,111?,112-,113?,114-,115?,116?,117?,118-,119-,120?,121?/m0/s1. The Morgan fingerprint density at radius 3 is 0.776 bits per heavy atom. The molecule has 39 atom stereocenters. The summed E-state index contributed by atoms with van der Waals surface area (Å²) >= 11 is 0. The molecule has 0 aromatic carbocycles. The van der Waals surface area contributed by atoms with Crippen molar-refractivity contribution in [2.75, 3.05) is 19.6 Å². The minimum Gasteiger partial charge on any atom is -0.298 e. The number of rotatable bonds is 14. The van der Waals surface area contributed by atoms with Crippen LogP contribution in [0.1, 0.15) is 462 Å². The van der Waals surface area contributed by atoms with Gasteiger partial charge in [-0.3, -0.25) is 14.7 Å². The summed E-state index contributed by atoms with van der Waals surface area (Å²) in [5.74, 6) is 42.3. The summed E-state index contributed by atoms with van der Waals surface area (Å²) in [6.45, 7) is 5.76. The third kappa shape index (κ3) is 15.4. The molecular formula is C121H196BN3. The van der Waals surface area contributed by atoms with Gasteiger partial charge >= 0.3 is 0 Å². The van der Waals surface area contributed by atoms with Crippen LogP contribution in [0.15, 0.2) is 0 Å². The average molecular weight is 1700 g/mol. The lowest BCUT2D eigenvalue weighted by atomic mass is 9.18. The number of hydrogen-bond donors (Lipinski definition) is 0. The lowest BCUT2D eigenvalue weighted by Crippen LogP contribution is -2.74. The maximum atomic E-state index is 3.97. The Morgan fingerprint density at radius 2 is 0.424 bits per heavy atom. The van der Waals surface area contributed by atoms with Crippen LogP contribution >= 0.6 is 0 Å². The highest BCUT2D eigenvalue weighted by Crippen LogP contribution is 2.73. The molecule has 0 aromatic rings. The van der Waals surface area contributed by atoms with Crippen LogP contribution in [0.25, 0.3) is 0 Å². The van der Waals surface area contributed by atoms with Gasteiger partial charge < -0.3 is 0 Å². The summed E-state index contributed by atoms with van der Waals surface area (Å²) in [6.07, 6.45) is 116. The van der Waals surface area contributed by atoms with Crippen LogP contribution < -0.4 is 0 Å². The highest BCUT2D eigenvalue weighted by atomic mass is 15.3. The van der Waals surface area contributed by atoms with E-state index in [0.29, 0.717) is 0 Å². The first-order valence-corrected chi connectivity index (χ1v) is 61.3. The predicted octanol–water partition coefficient (Wildman–Crippen LogP) is 31.9. The second-order valence-electron chi connectivity index (χ2n) is 55.7. The third-order valence-electron chi connectivity index (χ3n) is 52.3. The quantitative estimate of drug-likeness (QED) is 0.161. The summed E-state index contributed by atoms with van der Waals surface area (Å²) in [5, 5.41) is 0. The zero-order chi connectivity index (χ0) is 81.9. The minimum atomic E-state index is 0.846. The van der Waals surface area contributed by atoms with Crippen molar-refractivity contribution in [2.45, 2.75) is 516 Å². The van der Waals surface area contributed by atoms with E-state index in [4.69, 9.17) is 0 Å². The molecule has 23 aliphatic carbocycles. The largest absolute Gasteiger partial charge is 0.298 e. The van der Waals surface area contributed by atoms with Gasteiger partial charge in [0.1, 0.15) is 0 Å². The molecule has 23 saturated carbocycles. The van der Waals surface area contributed by atoms with Crippen LogP contribution in [0.4, 0.5) is 0 Å². The van der Waals surface area contributed by atoms with E-state index < -0.39 is 0 Å². The van der Waals surface area contributed by atoms with Gasteiger partial charge in [0.25, 0.3) is 0 Å². The van der Waals surface area contributed by atoms with Gasteiger partial charge in [-0.1, -0.05) is 295 Å². The summed E-state index contributed by atoms with van der Waals surface area (Å²) in [7, 11) is 0. The van der Waals surface area contributed by atoms with Gasteiger partial charge in [-0.15, -0.1) is 0 Å². The van der Waals surface area contributed by atoms with Crippen molar-refractivity contribution in [2.24, 2.45) is 219 Å². The van der Waals surface area contributed by atoms with Gasteiger partial charge in [0.05, 0.1) is 0 Å². The van der Waals surface area contributed by atoms with Crippen molar-refractivity contribution in [1.29, 1.82) is 0 Å². The molecule has 26 unspecified atom stereocenters. The van der Waals surface area contributed by atoms with Crippen LogP contribution in [0.2, 0.25) is 17.5 Å². The van der Waals surface area contributed by atoms with Gasteiger partial charge in [0.2, 0.25) is 0 Å². The monoisotopic (exact) mass is 1700 g/mol. The first-order chi connectivity index (χ1) is 62.0. The Hall–Kier alpha value is -0.0551. The Morgan fingerprint density at radius 1 is 0.152 bits per heavy atom. The van der Waals surface area contributed by atoms with Crippen LogP contribution in [-0.4, -0.2) is 77.3 Å².